The summed E-state index contributed by atoms with van der Waals surface area (Å²) in [5.74, 6) is -0.212. The average Bonchev–Trinajstić information content (AvgIpc) is 2.80. The van der Waals surface area contributed by atoms with Gasteiger partial charge < -0.3 is 10.0 Å². The Morgan fingerprint density at radius 3 is 2.50 bits per heavy atom. The zero-order chi connectivity index (χ0) is 14.9. The molecule has 1 N–H and O–H groups in total. The number of thiazole rings is 1. The predicted octanol–water partition coefficient (Wildman–Crippen LogP) is 3.84. The zero-order valence-corrected chi connectivity index (χ0v) is 12.9. The lowest BCUT2D eigenvalue weighted by Crippen LogP contribution is -2.22. The van der Waals surface area contributed by atoms with E-state index in [1.165, 1.54) is 17.4 Å². The number of aliphatic hydroxyl groups is 1. The average molecular weight is 294 g/mol. The predicted molar refractivity (Wildman–Crippen MR) is 80.7 cm³/mol. The Balaban J connectivity index is 2.29. The van der Waals surface area contributed by atoms with Gasteiger partial charge in [0.05, 0.1) is 22.7 Å². The molecular formula is C15H19FN2OS. The molecule has 5 heteroatoms. The molecule has 0 saturated heterocycles. The summed E-state index contributed by atoms with van der Waals surface area (Å²) in [6.45, 7) is 5.55. The molecule has 2 atom stereocenters. The van der Waals surface area contributed by atoms with Crippen molar-refractivity contribution in [3.8, 4) is 0 Å². The molecule has 0 aliphatic rings. The minimum Gasteiger partial charge on any atom is -0.388 e. The van der Waals surface area contributed by atoms with Gasteiger partial charge >= 0.3 is 0 Å². The Morgan fingerprint density at radius 1 is 1.30 bits per heavy atom. The van der Waals surface area contributed by atoms with Crippen molar-refractivity contribution in [1.29, 1.82) is 0 Å². The molecule has 0 spiro atoms. The fourth-order valence-electron chi connectivity index (χ4n) is 2.12. The Hall–Kier alpha value is -1.46. The van der Waals surface area contributed by atoms with Gasteiger partial charge in [-0.1, -0.05) is 29.5 Å². The first-order valence-corrected chi connectivity index (χ1v) is 7.36. The maximum atomic E-state index is 13.8. The number of rotatable bonds is 4. The zero-order valence-electron chi connectivity index (χ0n) is 12.1. The lowest BCUT2D eigenvalue weighted by molar-refractivity contribution is 0.202. The molecule has 0 saturated carbocycles. The van der Waals surface area contributed by atoms with E-state index in [1.807, 2.05) is 31.9 Å². The maximum Gasteiger partial charge on any atom is 0.186 e. The highest BCUT2D eigenvalue weighted by molar-refractivity contribution is 7.15. The summed E-state index contributed by atoms with van der Waals surface area (Å²) in [6, 6.07) is 6.64. The van der Waals surface area contributed by atoms with Gasteiger partial charge in [0, 0.05) is 12.6 Å². The van der Waals surface area contributed by atoms with Gasteiger partial charge in [-0.05, 0) is 26.8 Å². The Labute approximate surface area is 122 Å². The number of halogens is 1. The molecule has 2 rings (SSSR count). The highest BCUT2D eigenvalue weighted by Gasteiger charge is 2.20. The van der Waals surface area contributed by atoms with Gasteiger partial charge in [0.2, 0.25) is 0 Å². The number of aliphatic hydroxyl groups excluding tert-OH is 1. The molecule has 20 heavy (non-hydrogen) atoms. The molecule has 0 aliphatic heterocycles. The van der Waals surface area contributed by atoms with E-state index in [0.29, 0.717) is 5.56 Å². The number of aromatic nitrogens is 1. The monoisotopic (exact) mass is 294 g/mol. The molecule has 0 amide bonds. The van der Waals surface area contributed by atoms with Crippen molar-refractivity contribution in [3.63, 3.8) is 0 Å². The van der Waals surface area contributed by atoms with Crippen molar-refractivity contribution in [2.45, 2.75) is 32.9 Å². The third-order valence-corrected chi connectivity index (χ3v) is 4.86. The third-order valence-electron chi connectivity index (χ3n) is 3.44. The van der Waals surface area contributed by atoms with Crippen molar-refractivity contribution >= 4 is 16.5 Å². The van der Waals surface area contributed by atoms with E-state index in [0.717, 1.165) is 15.7 Å². The van der Waals surface area contributed by atoms with E-state index in [-0.39, 0.29) is 11.9 Å². The van der Waals surface area contributed by atoms with E-state index in [9.17, 15) is 9.50 Å². The number of hydrogen-bond donors (Lipinski definition) is 1. The van der Waals surface area contributed by atoms with Crippen LogP contribution in [0.2, 0.25) is 0 Å². The largest absolute Gasteiger partial charge is 0.388 e. The molecule has 2 aromatic rings. The van der Waals surface area contributed by atoms with Crippen molar-refractivity contribution in [3.05, 3.63) is 46.2 Å². The Bertz CT molecular complexity index is 597. The Morgan fingerprint density at radius 2 is 1.95 bits per heavy atom. The fraction of sp³-hybridized carbons (Fsp3) is 0.400. The highest BCUT2D eigenvalue weighted by Crippen LogP contribution is 2.34. The van der Waals surface area contributed by atoms with Crippen LogP contribution in [0.5, 0.6) is 0 Å². The highest BCUT2D eigenvalue weighted by atomic mass is 32.1. The minimum atomic E-state index is -0.529. The standard InChI is InChI=1S/C15H19FN2OS/c1-9-14(11(3)19)20-15(17-9)18(4)10(2)12-7-5-6-8-13(12)16/h5-8,10-11,19H,1-4H3. The molecule has 1 aromatic carbocycles. The quantitative estimate of drug-likeness (QED) is 0.930. The maximum absolute atomic E-state index is 13.8. The van der Waals surface area contributed by atoms with Crippen LogP contribution in [-0.4, -0.2) is 17.1 Å². The first-order chi connectivity index (χ1) is 9.41. The molecule has 0 radical (unpaired) electrons. The van der Waals surface area contributed by atoms with E-state index in [4.69, 9.17) is 0 Å². The van der Waals surface area contributed by atoms with Crippen LogP contribution in [0.3, 0.4) is 0 Å². The first kappa shape index (κ1) is 14.9. The van der Waals surface area contributed by atoms with Crippen molar-refractivity contribution < 1.29 is 9.50 Å². The van der Waals surface area contributed by atoms with Crippen molar-refractivity contribution in [2.75, 3.05) is 11.9 Å². The van der Waals surface area contributed by atoms with Gasteiger partial charge in [-0.2, -0.15) is 0 Å². The van der Waals surface area contributed by atoms with Crippen LogP contribution in [-0.2, 0) is 0 Å². The summed E-state index contributed by atoms with van der Waals surface area (Å²) in [6.07, 6.45) is -0.529. The SMILES string of the molecule is Cc1nc(N(C)C(C)c2ccccc2F)sc1C(C)O. The lowest BCUT2D eigenvalue weighted by atomic mass is 10.1. The van der Waals surface area contributed by atoms with Gasteiger partial charge in [-0.3, -0.25) is 0 Å². The number of nitrogens with zero attached hydrogens (tertiary/aromatic N) is 2. The molecule has 1 aromatic heterocycles. The smallest absolute Gasteiger partial charge is 0.186 e. The lowest BCUT2D eigenvalue weighted by Gasteiger charge is -2.25. The molecule has 3 nitrogen and oxygen atoms in total. The molecule has 2 unspecified atom stereocenters. The second kappa shape index (κ2) is 5.89. The Kier molecular flexibility index (Phi) is 4.40. The summed E-state index contributed by atoms with van der Waals surface area (Å²) in [4.78, 5) is 7.26. The number of benzene rings is 1. The third kappa shape index (κ3) is 2.83. The van der Waals surface area contributed by atoms with Gasteiger partial charge in [0.1, 0.15) is 5.82 Å². The molecule has 1 heterocycles. The second-order valence-corrected chi connectivity index (χ2v) is 5.94. The molecule has 0 fully saturated rings. The minimum absolute atomic E-state index is 0.122. The van der Waals surface area contributed by atoms with E-state index in [1.54, 1.807) is 19.1 Å². The molecule has 108 valence electrons. The first-order valence-electron chi connectivity index (χ1n) is 6.54. The topological polar surface area (TPSA) is 36.4 Å². The van der Waals surface area contributed by atoms with Crippen LogP contribution in [0.15, 0.2) is 24.3 Å². The molecule has 0 bridgehead atoms. The number of hydrogen-bond acceptors (Lipinski definition) is 4. The van der Waals surface area contributed by atoms with Crippen molar-refractivity contribution in [1.82, 2.24) is 4.98 Å². The normalized spacial score (nSPS) is 14.1. The number of anilines is 1. The van der Waals surface area contributed by atoms with Crippen LogP contribution in [0.1, 0.15) is 42.1 Å². The summed E-state index contributed by atoms with van der Waals surface area (Å²) in [5.41, 5.74) is 1.47. The van der Waals surface area contributed by atoms with Crippen LogP contribution in [0, 0.1) is 12.7 Å². The molecular weight excluding hydrogens is 275 g/mol. The van der Waals surface area contributed by atoms with Crippen molar-refractivity contribution in [2.24, 2.45) is 0 Å². The summed E-state index contributed by atoms with van der Waals surface area (Å²) >= 11 is 1.45. The van der Waals surface area contributed by atoms with Gasteiger partial charge in [-0.25, -0.2) is 9.37 Å². The van der Waals surface area contributed by atoms with Crippen LogP contribution in [0.25, 0.3) is 0 Å². The second-order valence-electron chi connectivity index (χ2n) is 4.93. The fourth-order valence-corrected chi connectivity index (χ4v) is 3.17. The van der Waals surface area contributed by atoms with Gasteiger partial charge in [0.25, 0.3) is 0 Å². The van der Waals surface area contributed by atoms with Crippen LogP contribution in [0.4, 0.5) is 9.52 Å². The molecule has 0 aliphatic carbocycles. The van der Waals surface area contributed by atoms with Gasteiger partial charge in [0.15, 0.2) is 5.13 Å². The van der Waals surface area contributed by atoms with Crippen LogP contribution >= 0.6 is 11.3 Å². The van der Waals surface area contributed by atoms with Gasteiger partial charge in [-0.15, -0.1) is 0 Å². The number of aryl methyl sites for hydroxylation is 1. The van der Waals surface area contributed by atoms with E-state index < -0.39 is 6.10 Å². The summed E-state index contributed by atoms with van der Waals surface area (Å²) < 4.78 is 13.8. The summed E-state index contributed by atoms with van der Waals surface area (Å²) in [5, 5.41) is 10.5. The summed E-state index contributed by atoms with van der Waals surface area (Å²) in [7, 11) is 1.89. The van der Waals surface area contributed by atoms with Crippen LogP contribution < -0.4 is 4.90 Å². The van der Waals surface area contributed by atoms with E-state index in [2.05, 4.69) is 4.98 Å². The van der Waals surface area contributed by atoms with E-state index >= 15 is 0 Å².